The summed E-state index contributed by atoms with van der Waals surface area (Å²) in [5, 5.41) is 4.58. The van der Waals surface area contributed by atoms with Crippen molar-refractivity contribution in [3.8, 4) is 0 Å². The molecule has 13 heavy (non-hydrogen) atoms. The molecule has 70 valence electrons. The summed E-state index contributed by atoms with van der Waals surface area (Å²) in [6.45, 7) is 2.11. The number of thioether (sulfide) groups is 1. The van der Waals surface area contributed by atoms with Crippen molar-refractivity contribution in [1.29, 1.82) is 0 Å². The summed E-state index contributed by atoms with van der Waals surface area (Å²) in [5.74, 6) is 0.900. The number of halogens is 1. The highest BCUT2D eigenvalue weighted by Gasteiger charge is 2.22. The van der Waals surface area contributed by atoms with E-state index in [1.54, 1.807) is 0 Å². The summed E-state index contributed by atoms with van der Waals surface area (Å²) in [7, 11) is 0. The van der Waals surface area contributed by atoms with Gasteiger partial charge in [-0.25, -0.2) is 9.97 Å². The van der Waals surface area contributed by atoms with E-state index in [1.807, 2.05) is 6.26 Å². The molecule has 0 saturated carbocycles. The lowest BCUT2D eigenvalue weighted by Gasteiger charge is -2.02. The number of rotatable bonds is 1. The topological polar surface area (TPSA) is 37.8 Å². The fourth-order valence-corrected chi connectivity index (χ4v) is 2.08. The molecule has 1 atom stereocenters. The van der Waals surface area contributed by atoms with Gasteiger partial charge in [-0.05, 0) is 19.6 Å². The molecule has 0 aliphatic carbocycles. The molecule has 0 saturated heterocycles. The van der Waals surface area contributed by atoms with Crippen LogP contribution in [0.5, 0.6) is 0 Å². The number of nitrogens with one attached hydrogen (secondary N) is 1. The van der Waals surface area contributed by atoms with Crippen LogP contribution >= 0.6 is 23.4 Å². The van der Waals surface area contributed by atoms with E-state index in [0.717, 1.165) is 23.0 Å². The molecule has 0 unspecified atom stereocenters. The molecule has 0 aromatic carbocycles. The maximum absolute atomic E-state index is 6.01. The average Bonchev–Trinajstić information content (AvgIpc) is 2.46. The fraction of sp³-hybridized carbons (Fsp3) is 0.500. The van der Waals surface area contributed by atoms with Crippen LogP contribution in [0.15, 0.2) is 5.16 Å². The minimum atomic E-state index is 0.416. The summed E-state index contributed by atoms with van der Waals surface area (Å²) in [6.07, 6.45) is 2.86. The first-order valence-corrected chi connectivity index (χ1v) is 5.68. The molecule has 2 rings (SSSR count). The highest BCUT2D eigenvalue weighted by atomic mass is 35.5. The van der Waals surface area contributed by atoms with Gasteiger partial charge in [0, 0.05) is 11.6 Å². The third kappa shape index (κ3) is 1.60. The molecule has 2 heterocycles. The quantitative estimate of drug-likeness (QED) is 0.443. The molecule has 1 aromatic rings. The van der Waals surface area contributed by atoms with Gasteiger partial charge < -0.3 is 5.32 Å². The number of hydrogen-bond acceptors (Lipinski definition) is 4. The average molecular weight is 216 g/mol. The van der Waals surface area contributed by atoms with Gasteiger partial charge in [0.15, 0.2) is 5.16 Å². The molecule has 0 radical (unpaired) electrons. The van der Waals surface area contributed by atoms with Crippen LogP contribution in [-0.2, 0) is 6.42 Å². The van der Waals surface area contributed by atoms with Crippen LogP contribution in [0.3, 0.4) is 0 Å². The predicted octanol–water partition coefficient (Wildman–Crippen LogP) is 2.21. The molecule has 1 aliphatic heterocycles. The molecule has 0 amide bonds. The highest BCUT2D eigenvalue weighted by molar-refractivity contribution is 7.98. The number of fused-ring (bicyclic) bond motifs is 1. The second-order valence-corrected chi connectivity index (χ2v) is 4.21. The van der Waals surface area contributed by atoms with Crippen molar-refractivity contribution in [2.24, 2.45) is 0 Å². The normalized spacial score (nSPS) is 19.8. The molecule has 0 fully saturated rings. The Kier molecular flexibility index (Phi) is 2.34. The van der Waals surface area contributed by atoms with E-state index >= 15 is 0 Å². The van der Waals surface area contributed by atoms with Crippen molar-refractivity contribution in [3.05, 3.63) is 10.7 Å². The SMILES string of the molecule is CSc1nc(Cl)c2c(n1)N[C@@H](C)C2. The largest absolute Gasteiger partial charge is 0.367 e. The van der Waals surface area contributed by atoms with Gasteiger partial charge in [-0.1, -0.05) is 23.4 Å². The Bertz CT molecular complexity index is 342. The van der Waals surface area contributed by atoms with Gasteiger partial charge in [0.05, 0.1) is 0 Å². The lowest BCUT2D eigenvalue weighted by Crippen LogP contribution is -2.09. The van der Waals surface area contributed by atoms with Crippen molar-refractivity contribution >= 4 is 29.2 Å². The second kappa shape index (κ2) is 3.35. The lowest BCUT2D eigenvalue weighted by molar-refractivity contribution is 0.837. The zero-order chi connectivity index (χ0) is 9.42. The lowest BCUT2D eigenvalue weighted by atomic mass is 10.2. The molecule has 0 bridgehead atoms. The second-order valence-electron chi connectivity index (χ2n) is 3.08. The molecule has 3 nitrogen and oxygen atoms in total. The van der Waals surface area contributed by atoms with Gasteiger partial charge in [0.25, 0.3) is 0 Å². The van der Waals surface area contributed by atoms with Crippen LogP contribution in [0.2, 0.25) is 5.15 Å². The third-order valence-electron chi connectivity index (χ3n) is 2.01. The van der Waals surface area contributed by atoms with Gasteiger partial charge in [-0.2, -0.15) is 0 Å². The summed E-state index contributed by atoms with van der Waals surface area (Å²) in [6, 6.07) is 0.416. The van der Waals surface area contributed by atoms with Crippen molar-refractivity contribution in [2.45, 2.75) is 24.5 Å². The monoisotopic (exact) mass is 215 g/mol. The molecule has 0 spiro atoms. The summed E-state index contributed by atoms with van der Waals surface area (Å²) >= 11 is 7.52. The number of hydrogen-bond donors (Lipinski definition) is 1. The van der Waals surface area contributed by atoms with Crippen LogP contribution < -0.4 is 5.32 Å². The Morgan fingerprint density at radius 1 is 1.54 bits per heavy atom. The van der Waals surface area contributed by atoms with Crippen molar-refractivity contribution in [3.63, 3.8) is 0 Å². The predicted molar refractivity (Wildman–Crippen MR) is 55.6 cm³/mol. The van der Waals surface area contributed by atoms with Crippen molar-refractivity contribution in [2.75, 3.05) is 11.6 Å². The molecular formula is C8H10ClN3S. The fourth-order valence-electron chi connectivity index (χ4n) is 1.42. The van der Waals surface area contributed by atoms with Crippen LogP contribution in [0.25, 0.3) is 0 Å². The summed E-state index contributed by atoms with van der Waals surface area (Å²) in [5.41, 5.74) is 1.05. The van der Waals surface area contributed by atoms with Crippen molar-refractivity contribution in [1.82, 2.24) is 9.97 Å². The van der Waals surface area contributed by atoms with Crippen LogP contribution in [0, 0.1) is 0 Å². The van der Waals surface area contributed by atoms with Crippen molar-refractivity contribution < 1.29 is 0 Å². The Labute approximate surface area is 86.3 Å². The first-order chi connectivity index (χ1) is 6.20. The van der Waals surface area contributed by atoms with E-state index in [9.17, 15) is 0 Å². The molecule has 1 N–H and O–H groups in total. The zero-order valence-electron chi connectivity index (χ0n) is 7.47. The minimum Gasteiger partial charge on any atom is -0.367 e. The Hall–Kier alpha value is -0.480. The van der Waals surface area contributed by atoms with Gasteiger partial charge in [-0.15, -0.1) is 0 Å². The molecular weight excluding hydrogens is 206 g/mol. The van der Waals surface area contributed by atoms with E-state index < -0.39 is 0 Å². The highest BCUT2D eigenvalue weighted by Crippen LogP contribution is 2.30. The van der Waals surface area contributed by atoms with E-state index in [1.165, 1.54) is 11.8 Å². The first kappa shape index (κ1) is 9.09. The van der Waals surface area contributed by atoms with E-state index in [0.29, 0.717) is 11.2 Å². The van der Waals surface area contributed by atoms with Gasteiger partial charge in [-0.3, -0.25) is 0 Å². The van der Waals surface area contributed by atoms with Crippen LogP contribution in [0.4, 0.5) is 5.82 Å². The Morgan fingerprint density at radius 2 is 2.31 bits per heavy atom. The number of nitrogens with zero attached hydrogens (tertiary/aromatic N) is 2. The van der Waals surface area contributed by atoms with E-state index in [-0.39, 0.29) is 0 Å². The molecule has 1 aliphatic rings. The first-order valence-electron chi connectivity index (χ1n) is 4.07. The minimum absolute atomic E-state index is 0.416. The smallest absolute Gasteiger partial charge is 0.190 e. The molecule has 5 heteroatoms. The van der Waals surface area contributed by atoms with Gasteiger partial charge in [0.2, 0.25) is 0 Å². The number of aromatic nitrogens is 2. The maximum atomic E-state index is 6.01. The number of anilines is 1. The third-order valence-corrected chi connectivity index (χ3v) is 2.87. The zero-order valence-corrected chi connectivity index (χ0v) is 9.04. The Morgan fingerprint density at radius 3 is 3.00 bits per heavy atom. The Balaban J connectivity index is 2.46. The van der Waals surface area contributed by atoms with Gasteiger partial charge >= 0.3 is 0 Å². The van der Waals surface area contributed by atoms with E-state index in [2.05, 4.69) is 22.2 Å². The summed E-state index contributed by atoms with van der Waals surface area (Å²) in [4.78, 5) is 8.51. The van der Waals surface area contributed by atoms with E-state index in [4.69, 9.17) is 11.6 Å². The maximum Gasteiger partial charge on any atom is 0.190 e. The molecule has 1 aromatic heterocycles. The standard InChI is InChI=1S/C8H10ClN3S/c1-4-3-5-6(9)11-8(13-2)12-7(5)10-4/h4H,3H2,1-2H3,(H,10,11,12)/t4-/m0/s1. The summed E-state index contributed by atoms with van der Waals surface area (Å²) < 4.78 is 0. The van der Waals surface area contributed by atoms with Gasteiger partial charge in [0.1, 0.15) is 11.0 Å². The van der Waals surface area contributed by atoms with Crippen LogP contribution in [-0.4, -0.2) is 22.3 Å². The van der Waals surface area contributed by atoms with Crippen LogP contribution in [0.1, 0.15) is 12.5 Å².